The van der Waals surface area contributed by atoms with Gasteiger partial charge >= 0.3 is 0 Å². The molecule has 5 fully saturated rings. The lowest BCUT2D eigenvalue weighted by molar-refractivity contribution is -0.308. The fourth-order valence-electron chi connectivity index (χ4n) is 12.2. The first-order chi connectivity index (χ1) is 20.9. The molecule has 0 aromatic heterocycles. The van der Waals surface area contributed by atoms with Gasteiger partial charge in [-0.25, -0.2) is 0 Å². The molecule has 4 saturated carbocycles. The van der Waals surface area contributed by atoms with Gasteiger partial charge in [0, 0.05) is 10.8 Å². The van der Waals surface area contributed by atoms with Crippen molar-refractivity contribution >= 4 is 0 Å². The predicted octanol–water partition coefficient (Wildman–Crippen LogP) is 2.91. The second-order valence-electron chi connectivity index (χ2n) is 17.8. The number of allylic oxidation sites excluding steroid dienone is 2. The smallest absolute Gasteiger partial charge is 0.186 e. The maximum absolute atomic E-state index is 11.8. The zero-order chi connectivity index (χ0) is 33.0. The van der Waals surface area contributed by atoms with Crippen molar-refractivity contribution in [3.05, 3.63) is 11.6 Å². The monoisotopic (exact) mass is 636 g/mol. The lowest BCUT2D eigenvalue weighted by Crippen LogP contribution is -2.66. The Hall–Kier alpha value is -0.620. The number of aliphatic hydroxyl groups excluding tert-OH is 7. The Labute approximate surface area is 269 Å². The zero-order valence-corrected chi connectivity index (χ0v) is 28.3. The highest BCUT2D eigenvalue weighted by molar-refractivity contribution is 5.34. The predicted molar refractivity (Wildman–Crippen MR) is 168 cm³/mol. The largest absolute Gasteiger partial charge is 0.396 e. The van der Waals surface area contributed by atoms with E-state index in [0.717, 1.165) is 51.4 Å². The lowest BCUT2D eigenvalue weighted by Gasteiger charge is -2.71. The van der Waals surface area contributed by atoms with E-state index < -0.39 is 60.4 Å². The van der Waals surface area contributed by atoms with Crippen LogP contribution in [0.15, 0.2) is 11.6 Å². The summed E-state index contributed by atoms with van der Waals surface area (Å²) in [4.78, 5) is 0. The van der Waals surface area contributed by atoms with Gasteiger partial charge in [-0.3, -0.25) is 0 Å². The normalized spacial score (nSPS) is 58.0. The number of hydrogen-bond acceptors (Lipinski definition) is 9. The minimum atomic E-state index is -1.49. The van der Waals surface area contributed by atoms with E-state index in [-0.39, 0.29) is 46.7 Å². The molecule has 7 N–H and O–H groups in total. The molecule has 9 heteroatoms. The van der Waals surface area contributed by atoms with E-state index in [1.807, 2.05) is 0 Å². The average Bonchev–Trinajstić information content (AvgIpc) is 2.99. The van der Waals surface area contributed by atoms with E-state index in [2.05, 4.69) is 47.6 Å². The molecule has 16 atom stereocenters. The third-order valence-corrected chi connectivity index (χ3v) is 15.6. The molecule has 9 nitrogen and oxygen atoms in total. The number of rotatable bonds is 5. The van der Waals surface area contributed by atoms with Gasteiger partial charge in [-0.1, -0.05) is 53.2 Å². The SMILES string of the molecule is CC1(COC2OC(CO)C(O)C(O)C2O)CC(O)C2(C)CCC3(C)C(=CCC4C5(C)CCC(O)C(C)(CO)C5CCC43C)C2C1. The van der Waals surface area contributed by atoms with Crippen molar-refractivity contribution in [2.45, 2.75) is 142 Å². The quantitative estimate of drug-likeness (QED) is 0.225. The Morgan fingerprint density at radius 2 is 1.49 bits per heavy atom. The standard InChI is InChI=1S/C36H60O9/c1-31(19-44-30-29(43)28(42)27(41)22(17-37)45-30)15-21-20-7-8-24-33(3)11-10-25(39)34(4,18-38)23(33)9-12-36(24,6)35(20,5)14-13-32(21,2)26(40)16-31/h7,21-30,37-43H,8-19H2,1-6H3. The van der Waals surface area contributed by atoms with Crippen molar-refractivity contribution in [2.75, 3.05) is 19.8 Å². The number of hydrogen-bond donors (Lipinski definition) is 7. The lowest BCUT2D eigenvalue weighted by atomic mass is 9.33. The van der Waals surface area contributed by atoms with Crippen LogP contribution in [0.25, 0.3) is 0 Å². The second kappa shape index (κ2) is 11.2. The molecular formula is C36H60O9. The molecule has 0 amide bonds. The first-order valence-electron chi connectivity index (χ1n) is 17.5. The minimum absolute atomic E-state index is 0.0122. The molecule has 0 bridgehead atoms. The number of ether oxygens (including phenoxy) is 2. The molecule has 0 aromatic rings. The van der Waals surface area contributed by atoms with Crippen LogP contribution in [0, 0.1) is 50.2 Å². The van der Waals surface area contributed by atoms with E-state index in [1.54, 1.807) is 0 Å². The van der Waals surface area contributed by atoms with Crippen LogP contribution in [0.4, 0.5) is 0 Å². The number of fused-ring (bicyclic) bond motifs is 7. The fourth-order valence-corrected chi connectivity index (χ4v) is 12.2. The van der Waals surface area contributed by atoms with Crippen LogP contribution in [0.1, 0.15) is 99.3 Å². The van der Waals surface area contributed by atoms with Crippen molar-refractivity contribution in [2.24, 2.45) is 50.2 Å². The van der Waals surface area contributed by atoms with Crippen LogP contribution in [-0.2, 0) is 9.47 Å². The summed E-state index contributed by atoms with van der Waals surface area (Å²) in [6.07, 6.45) is 2.94. The molecule has 1 aliphatic heterocycles. The van der Waals surface area contributed by atoms with Gasteiger partial charge in [0.2, 0.25) is 0 Å². The van der Waals surface area contributed by atoms with E-state index in [4.69, 9.17) is 9.47 Å². The van der Waals surface area contributed by atoms with Gasteiger partial charge in [-0.2, -0.15) is 0 Å². The molecule has 6 rings (SSSR count). The van der Waals surface area contributed by atoms with E-state index in [9.17, 15) is 35.7 Å². The van der Waals surface area contributed by atoms with Gasteiger partial charge in [0.05, 0.1) is 32.0 Å². The molecule has 6 aliphatic rings. The maximum Gasteiger partial charge on any atom is 0.186 e. The van der Waals surface area contributed by atoms with Crippen molar-refractivity contribution in [1.29, 1.82) is 0 Å². The zero-order valence-electron chi connectivity index (χ0n) is 28.3. The molecule has 0 spiro atoms. The van der Waals surface area contributed by atoms with Gasteiger partial charge in [0.15, 0.2) is 6.29 Å². The van der Waals surface area contributed by atoms with Crippen molar-refractivity contribution < 1.29 is 45.2 Å². The minimum Gasteiger partial charge on any atom is -0.396 e. The molecular weight excluding hydrogens is 576 g/mol. The Balaban J connectivity index is 1.28. The van der Waals surface area contributed by atoms with Gasteiger partial charge < -0.3 is 45.2 Å². The highest BCUT2D eigenvalue weighted by Gasteiger charge is 2.69. The van der Waals surface area contributed by atoms with Crippen LogP contribution in [0.3, 0.4) is 0 Å². The molecule has 1 heterocycles. The van der Waals surface area contributed by atoms with Gasteiger partial charge in [0.25, 0.3) is 0 Å². The van der Waals surface area contributed by atoms with Crippen LogP contribution >= 0.6 is 0 Å². The Morgan fingerprint density at radius 3 is 2.16 bits per heavy atom. The van der Waals surface area contributed by atoms with Gasteiger partial charge in [0.1, 0.15) is 24.4 Å². The third-order valence-electron chi connectivity index (χ3n) is 15.6. The van der Waals surface area contributed by atoms with Crippen LogP contribution in [-0.4, -0.2) is 98.5 Å². The summed E-state index contributed by atoms with van der Waals surface area (Å²) in [5, 5.41) is 74.0. The first kappa shape index (κ1) is 34.3. The van der Waals surface area contributed by atoms with Gasteiger partial charge in [-0.15, -0.1) is 0 Å². The molecule has 1 saturated heterocycles. The summed E-state index contributed by atoms with van der Waals surface area (Å²) in [7, 11) is 0. The van der Waals surface area contributed by atoms with Crippen molar-refractivity contribution in [1.82, 2.24) is 0 Å². The van der Waals surface area contributed by atoms with Crippen molar-refractivity contribution in [3.8, 4) is 0 Å². The Kier molecular flexibility index (Phi) is 8.53. The highest BCUT2D eigenvalue weighted by Crippen LogP contribution is 2.75. The molecule has 16 unspecified atom stereocenters. The summed E-state index contributed by atoms with van der Waals surface area (Å²) in [5.41, 5.74) is 0.323. The molecule has 0 aromatic carbocycles. The van der Waals surface area contributed by atoms with Crippen LogP contribution in [0.5, 0.6) is 0 Å². The average molecular weight is 637 g/mol. The summed E-state index contributed by atoms with van der Waals surface area (Å²) in [6, 6.07) is 0. The molecule has 0 radical (unpaired) electrons. The van der Waals surface area contributed by atoms with E-state index in [1.165, 1.54) is 5.57 Å². The van der Waals surface area contributed by atoms with Crippen LogP contribution in [0.2, 0.25) is 0 Å². The maximum atomic E-state index is 11.8. The molecule has 258 valence electrons. The number of aliphatic hydroxyl groups is 7. The Morgan fingerprint density at radius 1 is 0.778 bits per heavy atom. The van der Waals surface area contributed by atoms with Crippen LogP contribution < -0.4 is 0 Å². The summed E-state index contributed by atoms with van der Waals surface area (Å²) in [5.74, 6) is 0.862. The summed E-state index contributed by atoms with van der Waals surface area (Å²) in [6.45, 7) is 13.6. The molecule has 5 aliphatic carbocycles. The highest BCUT2D eigenvalue weighted by atomic mass is 16.7. The fraction of sp³-hybridized carbons (Fsp3) is 0.944. The summed E-state index contributed by atoms with van der Waals surface area (Å²) >= 11 is 0. The van der Waals surface area contributed by atoms with E-state index in [0.29, 0.717) is 12.3 Å². The summed E-state index contributed by atoms with van der Waals surface area (Å²) < 4.78 is 11.7. The second-order valence-corrected chi connectivity index (χ2v) is 17.8. The van der Waals surface area contributed by atoms with Gasteiger partial charge in [-0.05, 0) is 97.2 Å². The first-order valence-corrected chi connectivity index (χ1v) is 17.5. The van der Waals surface area contributed by atoms with Crippen molar-refractivity contribution in [3.63, 3.8) is 0 Å². The Bertz CT molecular complexity index is 1160. The van der Waals surface area contributed by atoms with E-state index >= 15 is 0 Å². The third kappa shape index (κ3) is 4.73. The molecule has 45 heavy (non-hydrogen) atoms. The topological polar surface area (TPSA) is 160 Å².